The lowest BCUT2D eigenvalue weighted by molar-refractivity contribution is 0.501. The Morgan fingerprint density at radius 2 is 2.05 bits per heavy atom. The summed E-state index contributed by atoms with van der Waals surface area (Å²) in [6, 6.07) is 6.97. The molecule has 2 N–H and O–H groups in total. The fourth-order valence-corrected chi connectivity index (χ4v) is 1.75. The van der Waals surface area contributed by atoms with Gasteiger partial charge < -0.3 is 15.1 Å². The average Bonchev–Trinajstić information content (AvgIpc) is 2.98. The van der Waals surface area contributed by atoms with Crippen molar-refractivity contribution in [2.24, 2.45) is 4.99 Å². The molecule has 2 rings (SSSR count). The van der Waals surface area contributed by atoms with Crippen molar-refractivity contribution in [3.8, 4) is 0 Å². The van der Waals surface area contributed by atoms with Crippen molar-refractivity contribution in [3.05, 3.63) is 59.6 Å². The van der Waals surface area contributed by atoms with E-state index in [-0.39, 0.29) is 36.1 Å². The van der Waals surface area contributed by atoms with Gasteiger partial charge in [0.1, 0.15) is 17.4 Å². The molecular formula is C15H18F2IN3O. The van der Waals surface area contributed by atoms with E-state index in [2.05, 4.69) is 15.6 Å². The van der Waals surface area contributed by atoms with Crippen LogP contribution in [0.3, 0.4) is 0 Å². The summed E-state index contributed by atoms with van der Waals surface area (Å²) < 4.78 is 31.8. The predicted molar refractivity (Wildman–Crippen MR) is 92.1 cm³/mol. The molecule has 2 aromatic rings. The van der Waals surface area contributed by atoms with E-state index >= 15 is 0 Å². The minimum Gasteiger partial charge on any atom is -0.467 e. The van der Waals surface area contributed by atoms with Crippen LogP contribution in [-0.2, 0) is 13.1 Å². The van der Waals surface area contributed by atoms with E-state index in [9.17, 15) is 8.78 Å². The van der Waals surface area contributed by atoms with Crippen LogP contribution in [0.2, 0.25) is 0 Å². The van der Waals surface area contributed by atoms with Crippen LogP contribution in [0.15, 0.2) is 46.0 Å². The van der Waals surface area contributed by atoms with Crippen molar-refractivity contribution in [2.75, 3.05) is 6.54 Å². The Labute approximate surface area is 145 Å². The highest BCUT2D eigenvalue weighted by molar-refractivity contribution is 14.0. The lowest BCUT2D eigenvalue weighted by Gasteiger charge is -2.10. The Hall–Kier alpha value is -1.64. The number of rotatable bonds is 5. The molecule has 1 aromatic carbocycles. The Morgan fingerprint density at radius 3 is 2.73 bits per heavy atom. The number of hydrogen-bond donors (Lipinski definition) is 2. The topological polar surface area (TPSA) is 49.6 Å². The molecule has 0 bridgehead atoms. The molecule has 0 aliphatic heterocycles. The van der Waals surface area contributed by atoms with Crippen molar-refractivity contribution in [2.45, 2.75) is 20.0 Å². The van der Waals surface area contributed by atoms with E-state index in [1.54, 1.807) is 12.3 Å². The monoisotopic (exact) mass is 421 g/mol. The van der Waals surface area contributed by atoms with Crippen LogP contribution in [0.4, 0.5) is 8.78 Å². The summed E-state index contributed by atoms with van der Waals surface area (Å²) in [7, 11) is 0. The molecule has 120 valence electrons. The summed E-state index contributed by atoms with van der Waals surface area (Å²) in [4.78, 5) is 4.23. The van der Waals surface area contributed by atoms with Gasteiger partial charge >= 0.3 is 0 Å². The van der Waals surface area contributed by atoms with Crippen LogP contribution in [0, 0.1) is 11.6 Å². The van der Waals surface area contributed by atoms with Crippen molar-refractivity contribution in [3.63, 3.8) is 0 Å². The first-order valence-corrected chi connectivity index (χ1v) is 6.67. The van der Waals surface area contributed by atoms with Crippen LogP contribution in [0.1, 0.15) is 18.2 Å². The molecule has 7 heteroatoms. The second kappa shape index (κ2) is 9.39. The molecule has 22 heavy (non-hydrogen) atoms. The highest BCUT2D eigenvalue weighted by Gasteiger charge is 2.04. The predicted octanol–water partition coefficient (Wildman–Crippen LogP) is 3.43. The highest BCUT2D eigenvalue weighted by Crippen LogP contribution is 2.10. The molecule has 0 saturated heterocycles. The van der Waals surface area contributed by atoms with Crippen LogP contribution >= 0.6 is 24.0 Å². The molecule has 0 aliphatic carbocycles. The Bertz CT molecular complexity index is 603. The maximum absolute atomic E-state index is 13.5. The van der Waals surface area contributed by atoms with Gasteiger partial charge in [-0.05, 0) is 37.3 Å². The minimum absolute atomic E-state index is 0. The van der Waals surface area contributed by atoms with Crippen molar-refractivity contribution >= 4 is 29.9 Å². The molecule has 0 atom stereocenters. The molecular weight excluding hydrogens is 403 g/mol. The minimum atomic E-state index is -0.477. The van der Waals surface area contributed by atoms with E-state index in [1.165, 1.54) is 0 Å². The largest absolute Gasteiger partial charge is 0.467 e. The van der Waals surface area contributed by atoms with E-state index in [0.717, 1.165) is 24.0 Å². The Morgan fingerprint density at radius 1 is 1.23 bits per heavy atom. The van der Waals surface area contributed by atoms with Gasteiger partial charge in [0.05, 0.1) is 19.4 Å². The molecule has 0 amide bonds. The number of aliphatic imine (C=N–C) groups is 1. The lowest BCUT2D eigenvalue weighted by Crippen LogP contribution is -2.36. The van der Waals surface area contributed by atoms with Crippen LogP contribution in [0.5, 0.6) is 0 Å². The summed E-state index contributed by atoms with van der Waals surface area (Å²) >= 11 is 0. The number of furan rings is 1. The smallest absolute Gasteiger partial charge is 0.191 e. The van der Waals surface area contributed by atoms with Crippen LogP contribution in [-0.4, -0.2) is 12.5 Å². The number of hydrogen-bond acceptors (Lipinski definition) is 2. The Balaban J connectivity index is 0.00000242. The highest BCUT2D eigenvalue weighted by atomic mass is 127. The van der Waals surface area contributed by atoms with Crippen LogP contribution in [0.25, 0.3) is 0 Å². The van der Waals surface area contributed by atoms with Gasteiger partial charge in [-0.1, -0.05) is 0 Å². The van der Waals surface area contributed by atoms with E-state index in [4.69, 9.17) is 4.42 Å². The molecule has 1 aromatic heterocycles. The maximum Gasteiger partial charge on any atom is 0.191 e. The second-order valence-electron chi connectivity index (χ2n) is 4.36. The third-order valence-corrected chi connectivity index (χ3v) is 2.77. The molecule has 0 unspecified atom stereocenters. The summed E-state index contributed by atoms with van der Waals surface area (Å²) in [6.45, 7) is 3.10. The molecule has 0 radical (unpaired) electrons. The van der Waals surface area contributed by atoms with Crippen molar-refractivity contribution in [1.82, 2.24) is 10.6 Å². The van der Waals surface area contributed by atoms with Gasteiger partial charge in [0.15, 0.2) is 5.96 Å². The van der Waals surface area contributed by atoms with Gasteiger partial charge in [0.2, 0.25) is 0 Å². The summed E-state index contributed by atoms with van der Waals surface area (Å²) in [5.41, 5.74) is 0.213. The molecule has 0 aliphatic rings. The third kappa shape index (κ3) is 5.63. The Kier molecular flexibility index (Phi) is 7.86. The zero-order valence-corrected chi connectivity index (χ0v) is 14.4. The second-order valence-corrected chi connectivity index (χ2v) is 4.36. The van der Waals surface area contributed by atoms with Crippen molar-refractivity contribution in [1.29, 1.82) is 0 Å². The number of halogens is 3. The quantitative estimate of drug-likeness (QED) is 0.442. The van der Waals surface area contributed by atoms with E-state index < -0.39 is 11.6 Å². The standard InChI is InChI=1S/C15H17F2N3O.HI/c1-2-18-15(20-10-13-4-3-7-21-13)19-9-11-8-12(16)5-6-14(11)17;/h3-8H,2,9-10H2,1H3,(H2,18,19,20);1H. The van der Waals surface area contributed by atoms with Gasteiger partial charge in [0.25, 0.3) is 0 Å². The molecule has 1 heterocycles. The van der Waals surface area contributed by atoms with Crippen molar-refractivity contribution < 1.29 is 13.2 Å². The first kappa shape index (κ1) is 18.4. The molecule has 0 spiro atoms. The number of guanidine groups is 1. The van der Waals surface area contributed by atoms with Gasteiger partial charge in [-0.2, -0.15) is 0 Å². The SMILES string of the molecule is CCNC(=NCc1cc(F)ccc1F)NCc1ccco1.I. The van der Waals surface area contributed by atoms with Gasteiger partial charge in [-0.3, -0.25) is 0 Å². The van der Waals surface area contributed by atoms with Gasteiger partial charge in [-0.15, -0.1) is 24.0 Å². The first-order chi connectivity index (χ1) is 10.2. The molecule has 0 saturated carbocycles. The van der Waals surface area contributed by atoms with E-state index in [1.807, 2.05) is 13.0 Å². The van der Waals surface area contributed by atoms with Gasteiger partial charge in [0, 0.05) is 12.1 Å². The maximum atomic E-state index is 13.5. The first-order valence-electron chi connectivity index (χ1n) is 6.67. The zero-order chi connectivity index (χ0) is 15.1. The number of benzene rings is 1. The van der Waals surface area contributed by atoms with Crippen LogP contribution < -0.4 is 10.6 Å². The molecule has 0 fully saturated rings. The summed E-state index contributed by atoms with van der Waals surface area (Å²) in [6.07, 6.45) is 1.59. The normalized spacial score (nSPS) is 11.0. The lowest BCUT2D eigenvalue weighted by atomic mass is 10.2. The molecule has 4 nitrogen and oxygen atoms in total. The third-order valence-electron chi connectivity index (χ3n) is 2.77. The fraction of sp³-hybridized carbons (Fsp3) is 0.267. The average molecular weight is 421 g/mol. The number of nitrogens with zero attached hydrogens (tertiary/aromatic N) is 1. The number of nitrogens with one attached hydrogen (secondary N) is 2. The summed E-state index contributed by atoms with van der Waals surface area (Å²) in [5, 5.41) is 6.09. The summed E-state index contributed by atoms with van der Waals surface area (Å²) in [5.74, 6) is 0.326. The zero-order valence-electron chi connectivity index (χ0n) is 12.1. The van der Waals surface area contributed by atoms with Gasteiger partial charge in [-0.25, -0.2) is 13.8 Å². The fourth-order valence-electron chi connectivity index (χ4n) is 1.75. The van der Waals surface area contributed by atoms with E-state index in [0.29, 0.717) is 19.0 Å².